The van der Waals surface area contributed by atoms with Crippen molar-refractivity contribution in [3.8, 4) is 17.2 Å². The van der Waals surface area contributed by atoms with Crippen LogP contribution in [0.4, 0.5) is 5.69 Å². The molecule has 0 aliphatic carbocycles. The van der Waals surface area contributed by atoms with Crippen LogP contribution in [-0.2, 0) is 6.61 Å². The predicted octanol–water partition coefficient (Wildman–Crippen LogP) is 3.18. The number of ether oxygens (including phenoxy) is 3. The van der Waals surface area contributed by atoms with Crippen LogP contribution in [0, 0.1) is 3.57 Å². The van der Waals surface area contributed by atoms with Crippen LogP contribution in [0.3, 0.4) is 0 Å². The standard InChI is InChI=1S/C14H12INO3/c15-10-2-4-12(11(16)6-10)17-7-9-1-3-13-14(5-9)19-8-18-13/h1-6H,7-8,16H2. The fourth-order valence-electron chi connectivity index (χ4n) is 1.84. The van der Waals surface area contributed by atoms with Gasteiger partial charge < -0.3 is 19.9 Å². The topological polar surface area (TPSA) is 53.7 Å². The highest BCUT2D eigenvalue weighted by Gasteiger charge is 2.13. The largest absolute Gasteiger partial charge is 0.487 e. The highest BCUT2D eigenvalue weighted by atomic mass is 127. The smallest absolute Gasteiger partial charge is 0.231 e. The molecule has 2 aromatic rings. The van der Waals surface area contributed by atoms with Crippen LogP contribution in [-0.4, -0.2) is 6.79 Å². The Morgan fingerprint density at radius 3 is 2.79 bits per heavy atom. The van der Waals surface area contributed by atoms with Crippen molar-refractivity contribution in [3.05, 3.63) is 45.5 Å². The monoisotopic (exact) mass is 369 g/mol. The summed E-state index contributed by atoms with van der Waals surface area (Å²) in [7, 11) is 0. The van der Waals surface area contributed by atoms with Gasteiger partial charge in [0.05, 0.1) is 5.69 Å². The van der Waals surface area contributed by atoms with Crippen LogP contribution in [0.15, 0.2) is 36.4 Å². The number of rotatable bonds is 3. The average molecular weight is 369 g/mol. The van der Waals surface area contributed by atoms with Crippen molar-refractivity contribution in [2.75, 3.05) is 12.5 Å². The zero-order chi connectivity index (χ0) is 13.2. The molecule has 19 heavy (non-hydrogen) atoms. The van der Waals surface area contributed by atoms with E-state index in [1.807, 2.05) is 36.4 Å². The first-order valence-corrected chi connectivity index (χ1v) is 6.86. The Labute approximate surface area is 124 Å². The van der Waals surface area contributed by atoms with E-state index in [0.29, 0.717) is 18.0 Å². The van der Waals surface area contributed by atoms with Gasteiger partial charge in [-0.3, -0.25) is 0 Å². The Morgan fingerprint density at radius 2 is 1.95 bits per heavy atom. The number of benzene rings is 2. The van der Waals surface area contributed by atoms with Crippen molar-refractivity contribution in [2.24, 2.45) is 0 Å². The molecule has 0 atom stereocenters. The summed E-state index contributed by atoms with van der Waals surface area (Å²) in [4.78, 5) is 0. The highest BCUT2D eigenvalue weighted by Crippen LogP contribution is 2.33. The zero-order valence-corrected chi connectivity index (χ0v) is 12.2. The normalized spacial score (nSPS) is 12.5. The van der Waals surface area contributed by atoms with Crippen molar-refractivity contribution in [3.63, 3.8) is 0 Å². The van der Waals surface area contributed by atoms with E-state index in [1.54, 1.807) is 0 Å². The molecule has 0 spiro atoms. The number of hydrogen-bond donors (Lipinski definition) is 1. The average Bonchev–Trinajstić information content (AvgIpc) is 2.85. The van der Waals surface area contributed by atoms with Gasteiger partial charge in [0.25, 0.3) is 0 Å². The summed E-state index contributed by atoms with van der Waals surface area (Å²) in [6.45, 7) is 0.727. The van der Waals surface area contributed by atoms with E-state index in [9.17, 15) is 0 Å². The number of anilines is 1. The minimum absolute atomic E-state index is 0.281. The van der Waals surface area contributed by atoms with E-state index in [0.717, 1.165) is 20.6 Å². The summed E-state index contributed by atoms with van der Waals surface area (Å²) in [5, 5.41) is 0. The van der Waals surface area contributed by atoms with Gasteiger partial charge in [-0.2, -0.15) is 0 Å². The molecule has 0 saturated carbocycles. The van der Waals surface area contributed by atoms with Gasteiger partial charge in [0.1, 0.15) is 12.4 Å². The van der Waals surface area contributed by atoms with Gasteiger partial charge >= 0.3 is 0 Å². The van der Waals surface area contributed by atoms with Crippen LogP contribution < -0.4 is 19.9 Å². The molecule has 1 aliphatic heterocycles. The number of nitrogen functional groups attached to an aromatic ring is 1. The Bertz CT molecular complexity index is 616. The van der Waals surface area contributed by atoms with Crippen LogP contribution >= 0.6 is 22.6 Å². The summed E-state index contributed by atoms with van der Waals surface area (Å²) in [6.07, 6.45) is 0. The molecule has 0 saturated heterocycles. The Morgan fingerprint density at radius 1 is 1.11 bits per heavy atom. The number of fused-ring (bicyclic) bond motifs is 1. The van der Waals surface area contributed by atoms with Gasteiger partial charge in [0.2, 0.25) is 6.79 Å². The number of halogens is 1. The Kier molecular flexibility index (Phi) is 3.37. The lowest BCUT2D eigenvalue weighted by atomic mass is 10.2. The molecule has 5 heteroatoms. The molecule has 98 valence electrons. The second kappa shape index (κ2) is 5.16. The molecule has 0 aromatic heterocycles. The molecular formula is C14H12INO3. The molecule has 1 aliphatic rings. The van der Waals surface area contributed by atoms with Crippen molar-refractivity contribution in [2.45, 2.75) is 6.61 Å². The summed E-state index contributed by atoms with van der Waals surface area (Å²) >= 11 is 2.22. The third-order valence-corrected chi connectivity index (χ3v) is 3.47. The lowest BCUT2D eigenvalue weighted by Gasteiger charge is -2.09. The summed E-state index contributed by atoms with van der Waals surface area (Å²) in [6, 6.07) is 11.5. The lowest BCUT2D eigenvalue weighted by molar-refractivity contribution is 0.174. The second-order valence-electron chi connectivity index (χ2n) is 4.16. The van der Waals surface area contributed by atoms with Crippen LogP contribution in [0.2, 0.25) is 0 Å². The van der Waals surface area contributed by atoms with Crippen molar-refractivity contribution in [1.29, 1.82) is 0 Å². The molecule has 4 nitrogen and oxygen atoms in total. The molecule has 2 N–H and O–H groups in total. The van der Waals surface area contributed by atoms with Crippen molar-refractivity contribution in [1.82, 2.24) is 0 Å². The third kappa shape index (κ3) is 2.70. The molecule has 0 bridgehead atoms. The van der Waals surface area contributed by atoms with E-state index in [4.69, 9.17) is 19.9 Å². The van der Waals surface area contributed by atoms with Gasteiger partial charge in [-0.05, 0) is 58.5 Å². The molecule has 0 radical (unpaired) electrons. The predicted molar refractivity (Wildman–Crippen MR) is 80.5 cm³/mol. The molecule has 0 unspecified atom stereocenters. The Balaban J connectivity index is 1.72. The van der Waals surface area contributed by atoms with Crippen molar-refractivity contribution >= 4 is 28.3 Å². The lowest BCUT2D eigenvalue weighted by Crippen LogP contribution is -1.99. The maximum atomic E-state index is 5.90. The summed E-state index contributed by atoms with van der Waals surface area (Å²) in [5.74, 6) is 2.23. The highest BCUT2D eigenvalue weighted by molar-refractivity contribution is 14.1. The maximum absolute atomic E-state index is 5.90. The first kappa shape index (κ1) is 12.4. The van der Waals surface area contributed by atoms with E-state index < -0.39 is 0 Å². The van der Waals surface area contributed by atoms with Gasteiger partial charge in [-0.15, -0.1) is 0 Å². The van der Waals surface area contributed by atoms with Crippen LogP contribution in [0.5, 0.6) is 17.2 Å². The SMILES string of the molecule is Nc1cc(I)ccc1OCc1ccc2c(c1)OCO2. The van der Waals surface area contributed by atoms with E-state index in [-0.39, 0.29) is 6.79 Å². The van der Waals surface area contributed by atoms with Crippen LogP contribution in [0.25, 0.3) is 0 Å². The first-order chi connectivity index (χ1) is 9.22. The fraction of sp³-hybridized carbons (Fsp3) is 0.143. The van der Waals surface area contributed by atoms with Crippen molar-refractivity contribution < 1.29 is 14.2 Å². The first-order valence-electron chi connectivity index (χ1n) is 5.79. The van der Waals surface area contributed by atoms with Gasteiger partial charge in [0.15, 0.2) is 11.5 Å². The zero-order valence-electron chi connectivity index (χ0n) is 10.1. The summed E-state index contributed by atoms with van der Waals surface area (Å²) < 4.78 is 17.4. The van der Waals surface area contributed by atoms with E-state index in [1.165, 1.54) is 0 Å². The fourth-order valence-corrected chi connectivity index (χ4v) is 2.36. The number of nitrogens with two attached hydrogens (primary N) is 1. The molecule has 3 rings (SSSR count). The van der Waals surface area contributed by atoms with Gasteiger partial charge in [-0.1, -0.05) is 6.07 Å². The van der Waals surface area contributed by atoms with Crippen LogP contribution in [0.1, 0.15) is 5.56 Å². The third-order valence-electron chi connectivity index (χ3n) is 2.80. The Hall–Kier alpha value is -1.63. The quantitative estimate of drug-likeness (QED) is 0.667. The molecule has 0 amide bonds. The van der Waals surface area contributed by atoms with Gasteiger partial charge in [0, 0.05) is 3.57 Å². The molecule has 0 fully saturated rings. The van der Waals surface area contributed by atoms with E-state index in [2.05, 4.69) is 22.6 Å². The number of hydrogen-bond acceptors (Lipinski definition) is 4. The van der Waals surface area contributed by atoms with Gasteiger partial charge in [-0.25, -0.2) is 0 Å². The maximum Gasteiger partial charge on any atom is 0.231 e. The minimum atomic E-state index is 0.281. The molecular weight excluding hydrogens is 357 g/mol. The van der Waals surface area contributed by atoms with E-state index >= 15 is 0 Å². The minimum Gasteiger partial charge on any atom is -0.487 e. The summed E-state index contributed by atoms with van der Waals surface area (Å²) in [5.41, 5.74) is 7.56. The second-order valence-corrected chi connectivity index (χ2v) is 5.40. The molecule has 1 heterocycles. The molecule has 2 aromatic carbocycles.